The fraction of sp³-hybridized carbons (Fsp3) is 0.286. The van der Waals surface area contributed by atoms with Gasteiger partial charge in [0.15, 0.2) is 0 Å². The fourth-order valence-corrected chi connectivity index (χ4v) is 5.69. The van der Waals surface area contributed by atoms with Gasteiger partial charge < -0.3 is 19.5 Å². The second kappa shape index (κ2) is 12.8. The molecule has 5 rings (SSSR count). The Kier molecular flexibility index (Phi) is 8.82. The lowest BCUT2D eigenvalue weighted by Crippen LogP contribution is -2.52. The third-order valence-electron chi connectivity index (χ3n) is 7.53. The van der Waals surface area contributed by atoms with E-state index in [2.05, 4.69) is 108 Å². The minimum atomic E-state index is -0.279. The molecule has 0 unspecified atom stereocenters. The summed E-state index contributed by atoms with van der Waals surface area (Å²) in [6.07, 6.45) is 11.4. The minimum Gasteiger partial charge on any atom is -0.375 e. The maximum Gasteiger partial charge on any atom is 0.243 e. The van der Waals surface area contributed by atoms with Crippen molar-refractivity contribution in [1.82, 2.24) is 9.88 Å². The van der Waals surface area contributed by atoms with Crippen molar-refractivity contribution in [1.29, 1.82) is 0 Å². The number of anilines is 1. The standard InChI is InChI=1S/C35H39N3O2/c1-26(2)34-35(39)36-30(25-40-22-12-18-28-15-8-5-9-16-28)23-29-24-38(21-11-17-27-13-6-4-7-14-27)32-20-10-19-31(33(29)32)37(34)3/h4-20,24,26,30,34H,21-23,25H2,1-3H3,(H,36,39)/b17-11+,18-12+/t30-,34-/m0/s1. The van der Waals surface area contributed by atoms with Crippen molar-refractivity contribution in [2.24, 2.45) is 5.92 Å². The number of carbonyl (C=O) groups is 1. The normalized spacial score (nSPS) is 17.9. The van der Waals surface area contributed by atoms with E-state index >= 15 is 0 Å². The zero-order valence-corrected chi connectivity index (χ0v) is 23.7. The maximum absolute atomic E-state index is 13.6. The second-order valence-electron chi connectivity index (χ2n) is 10.9. The van der Waals surface area contributed by atoms with E-state index in [1.807, 2.05) is 37.4 Å². The van der Waals surface area contributed by atoms with E-state index in [0.29, 0.717) is 19.6 Å². The molecule has 1 N–H and O–H groups in total. The van der Waals surface area contributed by atoms with Crippen molar-refractivity contribution < 1.29 is 9.53 Å². The molecule has 3 aromatic carbocycles. The van der Waals surface area contributed by atoms with Gasteiger partial charge in [0, 0.05) is 30.9 Å². The van der Waals surface area contributed by atoms with Crippen LogP contribution in [0.4, 0.5) is 5.69 Å². The number of nitrogens with one attached hydrogen (secondary N) is 1. The molecule has 206 valence electrons. The lowest BCUT2D eigenvalue weighted by Gasteiger charge is -2.32. The summed E-state index contributed by atoms with van der Waals surface area (Å²) in [7, 11) is 2.04. The highest BCUT2D eigenvalue weighted by Crippen LogP contribution is 2.35. The highest BCUT2D eigenvalue weighted by molar-refractivity contribution is 5.98. The number of hydrogen-bond acceptors (Lipinski definition) is 3. The first-order chi connectivity index (χ1) is 19.5. The summed E-state index contributed by atoms with van der Waals surface area (Å²) in [5, 5.41) is 4.54. The van der Waals surface area contributed by atoms with Crippen molar-refractivity contribution in [3.63, 3.8) is 0 Å². The van der Waals surface area contributed by atoms with Crippen LogP contribution >= 0.6 is 0 Å². The van der Waals surface area contributed by atoms with Crippen LogP contribution in [0.3, 0.4) is 0 Å². The van der Waals surface area contributed by atoms with Crippen molar-refractivity contribution in [2.75, 3.05) is 25.2 Å². The van der Waals surface area contributed by atoms with E-state index in [4.69, 9.17) is 4.74 Å². The van der Waals surface area contributed by atoms with Crippen molar-refractivity contribution in [2.45, 2.75) is 38.9 Å². The Morgan fingerprint density at radius 3 is 2.27 bits per heavy atom. The van der Waals surface area contributed by atoms with Crippen LogP contribution in [-0.4, -0.2) is 42.8 Å². The highest BCUT2D eigenvalue weighted by Gasteiger charge is 2.32. The SMILES string of the molecule is CC(C)[C@H]1C(=O)N[C@H](COC/C=C/c2ccccc2)Cc2cn(C/C=C/c3ccccc3)c3cccc(c23)N1C. The first kappa shape index (κ1) is 27.5. The van der Waals surface area contributed by atoms with Crippen LogP contribution in [-0.2, 0) is 22.5 Å². The molecule has 1 aliphatic heterocycles. The summed E-state index contributed by atoms with van der Waals surface area (Å²) in [5.74, 6) is 0.194. The molecule has 0 bridgehead atoms. The minimum absolute atomic E-state index is 0.0479. The number of amides is 1. The van der Waals surface area contributed by atoms with E-state index in [1.165, 1.54) is 22.0 Å². The van der Waals surface area contributed by atoms with Gasteiger partial charge in [-0.2, -0.15) is 0 Å². The van der Waals surface area contributed by atoms with Crippen LogP contribution in [0.5, 0.6) is 0 Å². The molecule has 1 aromatic heterocycles. The van der Waals surface area contributed by atoms with Crippen LogP contribution in [0.15, 0.2) is 97.2 Å². The van der Waals surface area contributed by atoms with Crippen LogP contribution in [0.2, 0.25) is 0 Å². The predicted octanol–water partition coefficient (Wildman–Crippen LogP) is 6.59. The van der Waals surface area contributed by atoms with Crippen molar-refractivity contribution in [3.05, 3.63) is 114 Å². The topological polar surface area (TPSA) is 46.5 Å². The molecule has 1 amide bonds. The Morgan fingerprint density at radius 2 is 1.60 bits per heavy atom. The Balaban J connectivity index is 1.41. The average Bonchev–Trinajstić information content (AvgIpc) is 3.32. The van der Waals surface area contributed by atoms with Crippen molar-refractivity contribution in [3.8, 4) is 0 Å². The molecule has 0 saturated heterocycles. The number of ether oxygens (including phenoxy) is 1. The summed E-state index contributed by atoms with van der Waals surface area (Å²) >= 11 is 0. The molecule has 1 aliphatic rings. The van der Waals surface area contributed by atoms with E-state index in [1.54, 1.807) is 0 Å². The molecule has 5 heteroatoms. The maximum atomic E-state index is 13.6. The second-order valence-corrected chi connectivity index (χ2v) is 10.9. The molecule has 0 spiro atoms. The molecule has 2 heterocycles. The monoisotopic (exact) mass is 533 g/mol. The largest absolute Gasteiger partial charge is 0.375 e. The van der Waals surface area contributed by atoms with Gasteiger partial charge in [-0.15, -0.1) is 0 Å². The molecule has 5 nitrogen and oxygen atoms in total. The first-order valence-corrected chi connectivity index (χ1v) is 14.2. The number of benzene rings is 3. The van der Waals surface area contributed by atoms with Gasteiger partial charge in [-0.1, -0.05) is 105 Å². The van der Waals surface area contributed by atoms with Gasteiger partial charge in [0.25, 0.3) is 0 Å². The number of hydrogen-bond donors (Lipinski definition) is 1. The van der Waals surface area contributed by atoms with Gasteiger partial charge in [0.05, 0.1) is 24.8 Å². The molecule has 0 saturated carbocycles. The Labute approximate surface area is 237 Å². The molecule has 40 heavy (non-hydrogen) atoms. The van der Waals surface area contributed by atoms with Crippen LogP contribution < -0.4 is 10.2 Å². The lowest BCUT2D eigenvalue weighted by atomic mass is 10.0. The smallest absolute Gasteiger partial charge is 0.243 e. The van der Waals surface area contributed by atoms with E-state index in [0.717, 1.165) is 17.8 Å². The summed E-state index contributed by atoms with van der Waals surface area (Å²) in [4.78, 5) is 15.7. The lowest BCUT2D eigenvalue weighted by molar-refractivity contribution is -0.124. The van der Waals surface area contributed by atoms with Gasteiger partial charge in [-0.05, 0) is 41.2 Å². The molecule has 0 aliphatic carbocycles. The quantitative estimate of drug-likeness (QED) is 0.247. The number of likely N-dealkylation sites (N-methyl/N-ethyl adjacent to an activating group) is 1. The van der Waals surface area contributed by atoms with Gasteiger partial charge in [-0.25, -0.2) is 0 Å². The zero-order chi connectivity index (χ0) is 27.9. The number of allylic oxidation sites excluding steroid dienone is 1. The number of nitrogens with zero attached hydrogens (tertiary/aromatic N) is 2. The molecule has 0 fully saturated rings. The number of aromatic nitrogens is 1. The van der Waals surface area contributed by atoms with E-state index in [9.17, 15) is 4.79 Å². The summed E-state index contributed by atoms with van der Waals surface area (Å²) in [5.41, 5.74) is 5.84. The molecular formula is C35H39N3O2. The average molecular weight is 534 g/mol. The highest BCUT2D eigenvalue weighted by atomic mass is 16.5. The summed E-state index contributed by atoms with van der Waals surface area (Å²) in [6.45, 7) is 5.93. The Bertz CT molecular complexity index is 1470. The predicted molar refractivity (Wildman–Crippen MR) is 166 cm³/mol. The van der Waals surface area contributed by atoms with E-state index < -0.39 is 0 Å². The van der Waals surface area contributed by atoms with Crippen molar-refractivity contribution >= 4 is 34.6 Å². The van der Waals surface area contributed by atoms with Gasteiger partial charge >= 0.3 is 0 Å². The number of carbonyl (C=O) groups excluding carboxylic acids is 1. The zero-order valence-electron chi connectivity index (χ0n) is 23.7. The summed E-state index contributed by atoms with van der Waals surface area (Å²) < 4.78 is 8.39. The molecule has 2 atom stereocenters. The summed E-state index contributed by atoms with van der Waals surface area (Å²) in [6, 6.07) is 26.6. The van der Waals surface area contributed by atoms with Gasteiger partial charge in [0.1, 0.15) is 6.04 Å². The van der Waals surface area contributed by atoms with Crippen LogP contribution in [0, 0.1) is 5.92 Å². The Morgan fingerprint density at radius 1 is 0.925 bits per heavy atom. The Hall–Kier alpha value is -4.09. The number of rotatable bonds is 9. The molecule has 0 radical (unpaired) electrons. The van der Waals surface area contributed by atoms with E-state index in [-0.39, 0.29) is 23.9 Å². The third kappa shape index (κ3) is 6.37. The fourth-order valence-electron chi connectivity index (χ4n) is 5.69. The van der Waals surface area contributed by atoms with Crippen LogP contribution in [0.1, 0.15) is 30.5 Å². The molecular weight excluding hydrogens is 494 g/mol. The van der Waals surface area contributed by atoms with Gasteiger partial charge in [0.2, 0.25) is 5.91 Å². The van der Waals surface area contributed by atoms with Crippen LogP contribution in [0.25, 0.3) is 23.1 Å². The van der Waals surface area contributed by atoms with Gasteiger partial charge in [-0.3, -0.25) is 4.79 Å². The first-order valence-electron chi connectivity index (χ1n) is 14.2. The third-order valence-corrected chi connectivity index (χ3v) is 7.53. The molecule has 4 aromatic rings.